The zero-order valence-electron chi connectivity index (χ0n) is 8.25. The number of hydrogen-bond donors (Lipinski definition) is 3. The van der Waals surface area contributed by atoms with E-state index in [-0.39, 0.29) is 11.9 Å². The van der Waals surface area contributed by atoms with Crippen molar-refractivity contribution < 1.29 is 14.7 Å². The van der Waals surface area contributed by atoms with Gasteiger partial charge in [0.15, 0.2) is 0 Å². The van der Waals surface area contributed by atoms with Gasteiger partial charge in [-0.05, 0) is 25.8 Å². The Labute approximate surface area is 82.9 Å². The van der Waals surface area contributed by atoms with Gasteiger partial charge in [0, 0.05) is 0 Å². The summed E-state index contributed by atoms with van der Waals surface area (Å²) in [5, 5.41) is 14.3. The molecule has 0 aromatic carbocycles. The predicted molar refractivity (Wildman–Crippen MR) is 50.9 cm³/mol. The topological polar surface area (TPSA) is 78.4 Å². The van der Waals surface area contributed by atoms with Gasteiger partial charge in [-0.15, -0.1) is 0 Å². The summed E-state index contributed by atoms with van der Waals surface area (Å²) in [7, 11) is 0. The van der Waals surface area contributed by atoms with Crippen molar-refractivity contribution in [3.8, 4) is 0 Å². The first-order valence-corrected chi connectivity index (χ1v) is 4.91. The zero-order valence-corrected chi connectivity index (χ0v) is 8.25. The van der Waals surface area contributed by atoms with Gasteiger partial charge in [0.25, 0.3) is 0 Å². The third-order valence-corrected chi connectivity index (χ3v) is 2.40. The lowest BCUT2D eigenvalue weighted by Gasteiger charge is -2.15. The van der Waals surface area contributed by atoms with Gasteiger partial charge in [-0.3, -0.25) is 4.79 Å². The molecule has 1 unspecified atom stereocenters. The molecule has 1 aliphatic rings. The second-order valence-corrected chi connectivity index (χ2v) is 3.46. The van der Waals surface area contributed by atoms with Crippen LogP contribution in [0.2, 0.25) is 0 Å². The van der Waals surface area contributed by atoms with Crippen LogP contribution in [-0.4, -0.2) is 35.6 Å². The molecule has 1 amide bonds. The van der Waals surface area contributed by atoms with E-state index in [2.05, 4.69) is 10.6 Å². The second kappa shape index (κ2) is 4.95. The van der Waals surface area contributed by atoms with Crippen molar-refractivity contribution in [2.75, 3.05) is 6.54 Å². The van der Waals surface area contributed by atoms with E-state index in [4.69, 9.17) is 5.11 Å². The fraction of sp³-hybridized carbons (Fsp3) is 0.778. The number of rotatable bonds is 4. The fourth-order valence-electron chi connectivity index (χ4n) is 1.52. The van der Waals surface area contributed by atoms with Gasteiger partial charge in [0.2, 0.25) is 5.91 Å². The summed E-state index contributed by atoms with van der Waals surface area (Å²) >= 11 is 0. The third kappa shape index (κ3) is 2.70. The van der Waals surface area contributed by atoms with E-state index in [0.29, 0.717) is 6.42 Å². The Balaban J connectivity index is 2.41. The summed E-state index contributed by atoms with van der Waals surface area (Å²) in [4.78, 5) is 22.1. The molecule has 0 radical (unpaired) electrons. The highest BCUT2D eigenvalue weighted by Gasteiger charge is 2.25. The van der Waals surface area contributed by atoms with E-state index in [9.17, 15) is 9.59 Å². The number of carboxylic acid groups (broad SMARTS) is 1. The second-order valence-electron chi connectivity index (χ2n) is 3.46. The van der Waals surface area contributed by atoms with Crippen LogP contribution >= 0.6 is 0 Å². The predicted octanol–water partition coefficient (Wildman–Crippen LogP) is -0.282. The maximum Gasteiger partial charge on any atom is 0.326 e. The van der Waals surface area contributed by atoms with Gasteiger partial charge < -0.3 is 15.7 Å². The number of nitrogens with one attached hydrogen (secondary N) is 2. The molecule has 0 aliphatic carbocycles. The van der Waals surface area contributed by atoms with E-state index in [0.717, 1.165) is 19.4 Å². The molecule has 1 rings (SSSR count). The summed E-state index contributed by atoms with van der Waals surface area (Å²) in [6, 6.07) is -0.965. The molecule has 1 heterocycles. The van der Waals surface area contributed by atoms with Gasteiger partial charge in [-0.2, -0.15) is 0 Å². The molecule has 0 aromatic heterocycles. The molecule has 2 atom stereocenters. The summed E-state index contributed by atoms with van der Waals surface area (Å²) in [5.74, 6) is -1.17. The van der Waals surface area contributed by atoms with E-state index < -0.39 is 12.0 Å². The molecular formula is C9H16N2O3. The average Bonchev–Trinajstić information content (AvgIpc) is 2.65. The average molecular weight is 200 g/mol. The quantitative estimate of drug-likeness (QED) is 0.583. The molecule has 1 aliphatic heterocycles. The Bertz CT molecular complexity index is 224. The summed E-state index contributed by atoms with van der Waals surface area (Å²) in [5.41, 5.74) is 0. The van der Waals surface area contributed by atoms with Crippen LogP contribution in [0, 0.1) is 0 Å². The largest absolute Gasteiger partial charge is 0.480 e. The summed E-state index contributed by atoms with van der Waals surface area (Å²) in [6.07, 6.45) is 2.18. The first-order chi connectivity index (χ1) is 6.65. The smallest absolute Gasteiger partial charge is 0.326 e. The molecule has 1 saturated heterocycles. The first-order valence-electron chi connectivity index (χ1n) is 4.91. The maximum atomic E-state index is 11.5. The summed E-state index contributed by atoms with van der Waals surface area (Å²) in [6.45, 7) is 2.57. The molecule has 5 nitrogen and oxygen atoms in total. The molecule has 0 aromatic rings. The van der Waals surface area contributed by atoms with Gasteiger partial charge in [-0.1, -0.05) is 6.92 Å². The van der Waals surface area contributed by atoms with Crippen molar-refractivity contribution >= 4 is 11.9 Å². The highest BCUT2D eigenvalue weighted by Crippen LogP contribution is 2.05. The number of carbonyl (C=O) groups excluding carboxylic acids is 1. The van der Waals surface area contributed by atoms with E-state index in [1.165, 1.54) is 0 Å². The lowest BCUT2D eigenvalue weighted by molar-refractivity contribution is -0.142. The number of carbonyl (C=O) groups is 2. The number of amides is 1. The van der Waals surface area contributed by atoms with E-state index >= 15 is 0 Å². The van der Waals surface area contributed by atoms with Crippen LogP contribution in [0.5, 0.6) is 0 Å². The molecule has 0 spiro atoms. The zero-order chi connectivity index (χ0) is 10.6. The minimum absolute atomic E-state index is 0.197. The van der Waals surface area contributed by atoms with Crippen LogP contribution in [0.3, 0.4) is 0 Å². The maximum absolute atomic E-state index is 11.5. The van der Waals surface area contributed by atoms with Crippen molar-refractivity contribution in [2.24, 2.45) is 0 Å². The molecule has 0 saturated carbocycles. The normalized spacial score (nSPS) is 23.1. The van der Waals surface area contributed by atoms with Crippen LogP contribution in [0.15, 0.2) is 0 Å². The standard InChI is InChI=1S/C9H16N2O3/c1-2-6(9(13)14)11-8(12)7-4-3-5-10-7/h6-7,10H,2-5H2,1H3,(H,11,12)(H,13,14)/t6?,7-/m1/s1. The minimum atomic E-state index is -0.973. The van der Waals surface area contributed by atoms with Crippen LogP contribution in [0.4, 0.5) is 0 Å². The Morgan fingerprint density at radius 3 is 2.79 bits per heavy atom. The van der Waals surface area contributed by atoms with Gasteiger partial charge in [0.1, 0.15) is 6.04 Å². The van der Waals surface area contributed by atoms with Crippen molar-refractivity contribution in [3.63, 3.8) is 0 Å². The Hall–Kier alpha value is -1.10. The van der Waals surface area contributed by atoms with Gasteiger partial charge in [0.05, 0.1) is 6.04 Å². The SMILES string of the molecule is CCC(NC(=O)[C@H]1CCCN1)C(=O)O. The third-order valence-electron chi connectivity index (χ3n) is 2.40. The molecule has 1 fully saturated rings. The lowest BCUT2D eigenvalue weighted by atomic mass is 10.2. The molecule has 0 bridgehead atoms. The Morgan fingerprint density at radius 2 is 2.36 bits per heavy atom. The summed E-state index contributed by atoms with van der Waals surface area (Å²) < 4.78 is 0. The highest BCUT2D eigenvalue weighted by molar-refractivity contribution is 5.87. The van der Waals surface area contributed by atoms with Crippen LogP contribution in [0.1, 0.15) is 26.2 Å². The number of hydrogen-bond acceptors (Lipinski definition) is 3. The van der Waals surface area contributed by atoms with Crippen molar-refractivity contribution in [3.05, 3.63) is 0 Å². The van der Waals surface area contributed by atoms with Crippen LogP contribution in [-0.2, 0) is 9.59 Å². The molecule has 3 N–H and O–H groups in total. The molecule has 14 heavy (non-hydrogen) atoms. The van der Waals surface area contributed by atoms with Gasteiger partial charge >= 0.3 is 5.97 Å². The van der Waals surface area contributed by atoms with Crippen LogP contribution in [0.25, 0.3) is 0 Å². The van der Waals surface area contributed by atoms with E-state index in [1.807, 2.05) is 0 Å². The molecule has 80 valence electrons. The Kier molecular flexibility index (Phi) is 3.88. The highest BCUT2D eigenvalue weighted by atomic mass is 16.4. The first kappa shape index (κ1) is 11.0. The number of aliphatic carboxylic acids is 1. The minimum Gasteiger partial charge on any atom is -0.480 e. The van der Waals surface area contributed by atoms with Crippen molar-refractivity contribution in [1.29, 1.82) is 0 Å². The van der Waals surface area contributed by atoms with E-state index in [1.54, 1.807) is 6.92 Å². The van der Waals surface area contributed by atoms with Gasteiger partial charge in [-0.25, -0.2) is 4.79 Å². The molecular weight excluding hydrogens is 184 g/mol. The van der Waals surface area contributed by atoms with Crippen molar-refractivity contribution in [1.82, 2.24) is 10.6 Å². The number of carboxylic acids is 1. The lowest BCUT2D eigenvalue weighted by Crippen LogP contribution is -2.47. The van der Waals surface area contributed by atoms with Crippen molar-refractivity contribution in [2.45, 2.75) is 38.3 Å². The Morgan fingerprint density at radius 1 is 1.64 bits per heavy atom. The molecule has 5 heteroatoms. The van der Waals surface area contributed by atoms with Crippen LogP contribution < -0.4 is 10.6 Å². The fourth-order valence-corrected chi connectivity index (χ4v) is 1.52. The monoisotopic (exact) mass is 200 g/mol.